The Morgan fingerprint density at radius 2 is 2.24 bits per heavy atom. The van der Waals surface area contributed by atoms with Gasteiger partial charge >= 0.3 is 0 Å². The highest BCUT2D eigenvalue weighted by molar-refractivity contribution is 7.09. The second-order valence-electron chi connectivity index (χ2n) is 4.95. The highest BCUT2D eigenvalue weighted by Crippen LogP contribution is 2.25. The van der Waals surface area contributed by atoms with E-state index in [2.05, 4.69) is 24.9 Å². The molecule has 8 heteroatoms. The summed E-state index contributed by atoms with van der Waals surface area (Å²) >= 11 is 1.16. The van der Waals surface area contributed by atoms with Gasteiger partial charge in [0.15, 0.2) is 5.82 Å². The van der Waals surface area contributed by atoms with Gasteiger partial charge in [-0.05, 0) is 25.3 Å². The number of carbonyl (C=O) groups is 1. The molecule has 2 rings (SSSR count). The van der Waals surface area contributed by atoms with Crippen molar-refractivity contribution in [1.82, 2.24) is 19.6 Å². The monoisotopic (exact) mass is 309 g/mol. The molecule has 0 aliphatic heterocycles. The van der Waals surface area contributed by atoms with Crippen molar-refractivity contribution in [3.05, 3.63) is 22.8 Å². The van der Waals surface area contributed by atoms with Gasteiger partial charge in [-0.15, -0.1) is 0 Å². The van der Waals surface area contributed by atoms with E-state index >= 15 is 0 Å². The molecule has 2 aromatic heterocycles. The average Bonchev–Trinajstić information content (AvgIpc) is 2.97. The maximum atomic E-state index is 12.1. The fourth-order valence-corrected chi connectivity index (χ4v) is 2.92. The predicted molar refractivity (Wildman–Crippen MR) is 80.3 cm³/mol. The summed E-state index contributed by atoms with van der Waals surface area (Å²) in [6.45, 7) is 6.26. The summed E-state index contributed by atoms with van der Waals surface area (Å²) in [7, 11) is 1.58. The maximum absolute atomic E-state index is 12.1. The SMILES string of the molecule is COCc1nsc(NC(=O)C[C@H](C)c2c(C)n[nH]c2C)n1. The molecular weight excluding hydrogens is 290 g/mol. The number of aromatic amines is 1. The lowest BCUT2D eigenvalue weighted by molar-refractivity contribution is -0.116. The van der Waals surface area contributed by atoms with Crippen LogP contribution in [-0.2, 0) is 16.1 Å². The van der Waals surface area contributed by atoms with E-state index in [9.17, 15) is 4.79 Å². The number of carbonyl (C=O) groups excluding carboxylic acids is 1. The average molecular weight is 309 g/mol. The van der Waals surface area contributed by atoms with Crippen molar-refractivity contribution < 1.29 is 9.53 Å². The van der Waals surface area contributed by atoms with E-state index in [0.717, 1.165) is 28.5 Å². The minimum atomic E-state index is -0.0809. The third kappa shape index (κ3) is 3.85. The van der Waals surface area contributed by atoms with Crippen molar-refractivity contribution in [2.45, 2.75) is 39.7 Å². The molecule has 2 heterocycles. The topological polar surface area (TPSA) is 92.8 Å². The molecule has 2 N–H and O–H groups in total. The number of aryl methyl sites for hydroxylation is 2. The van der Waals surface area contributed by atoms with E-state index in [0.29, 0.717) is 24.0 Å². The normalized spacial score (nSPS) is 12.4. The molecule has 1 amide bonds. The lowest BCUT2D eigenvalue weighted by Crippen LogP contribution is -2.15. The Morgan fingerprint density at radius 3 is 2.86 bits per heavy atom. The molecule has 0 radical (unpaired) electrons. The molecule has 0 aliphatic rings. The summed E-state index contributed by atoms with van der Waals surface area (Å²) in [5.41, 5.74) is 3.04. The highest BCUT2D eigenvalue weighted by Gasteiger charge is 2.18. The molecule has 0 unspecified atom stereocenters. The molecule has 0 aromatic carbocycles. The molecule has 0 aliphatic carbocycles. The molecule has 21 heavy (non-hydrogen) atoms. The minimum Gasteiger partial charge on any atom is -0.377 e. The lowest BCUT2D eigenvalue weighted by atomic mass is 9.96. The van der Waals surface area contributed by atoms with Gasteiger partial charge in [0.1, 0.15) is 6.61 Å². The lowest BCUT2D eigenvalue weighted by Gasteiger charge is -2.11. The van der Waals surface area contributed by atoms with Crippen LogP contribution in [0.15, 0.2) is 0 Å². The summed E-state index contributed by atoms with van der Waals surface area (Å²) in [4.78, 5) is 16.3. The van der Waals surface area contributed by atoms with Gasteiger partial charge in [-0.2, -0.15) is 9.47 Å². The Bertz CT molecular complexity index is 602. The van der Waals surface area contributed by atoms with Crippen LogP contribution < -0.4 is 5.32 Å². The van der Waals surface area contributed by atoms with Gasteiger partial charge in [0.05, 0.1) is 5.69 Å². The number of amides is 1. The third-order valence-electron chi connectivity index (χ3n) is 3.16. The van der Waals surface area contributed by atoms with Gasteiger partial charge in [-0.25, -0.2) is 4.98 Å². The number of nitrogens with zero attached hydrogens (tertiary/aromatic N) is 3. The maximum Gasteiger partial charge on any atom is 0.226 e. The molecular formula is C13H19N5O2S. The first-order valence-electron chi connectivity index (χ1n) is 6.64. The summed E-state index contributed by atoms with van der Waals surface area (Å²) in [5.74, 6) is 0.588. The zero-order valence-corrected chi connectivity index (χ0v) is 13.4. The summed E-state index contributed by atoms with van der Waals surface area (Å²) in [6, 6.07) is 0. The van der Waals surface area contributed by atoms with Crippen LogP contribution in [0.4, 0.5) is 5.13 Å². The summed E-state index contributed by atoms with van der Waals surface area (Å²) in [5, 5.41) is 10.4. The second kappa shape index (κ2) is 6.77. The Labute approximate surface area is 127 Å². The number of methoxy groups -OCH3 is 1. The fourth-order valence-electron chi connectivity index (χ4n) is 2.33. The number of H-pyrrole nitrogens is 1. The fraction of sp³-hybridized carbons (Fsp3) is 0.538. The molecule has 0 saturated carbocycles. The van der Waals surface area contributed by atoms with Crippen LogP contribution in [0, 0.1) is 13.8 Å². The molecule has 0 bridgehead atoms. The van der Waals surface area contributed by atoms with Crippen molar-refractivity contribution in [2.24, 2.45) is 0 Å². The number of ether oxygens (including phenoxy) is 1. The van der Waals surface area contributed by atoms with Gasteiger partial charge in [-0.3, -0.25) is 9.89 Å². The molecule has 1 atom stereocenters. The van der Waals surface area contributed by atoms with E-state index in [-0.39, 0.29) is 11.8 Å². The number of hydrogen-bond donors (Lipinski definition) is 2. The standard InChI is InChI=1S/C13H19N5O2S/c1-7(12-8(2)16-17-9(12)3)5-11(19)15-13-14-10(6-20-4)18-21-13/h7H,5-6H2,1-4H3,(H,16,17)(H,14,15,18,19)/t7-/m0/s1. The van der Waals surface area contributed by atoms with Crippen molar-refractivity contribution in [2.75, 3.05) is 12.4 Å². The minimum absolute atomic E-state index is 0.0809. The Kier molecular flexibility index (Phi) is 5.03. The van der Waals surface area contributed by atoms with Crippen molar-refractivity contribution >= 4 is 22.6 Å². The Balaban J connectivity index is 1.95. The van der Waals surface area contributed by atoms with E-state index in [1.165, 1.54) is 0 Å². The van der Waals surface area contributed by atoms with E-state index in [4.69, 9.17) is 4.74 Å². The highest BCUT2D eigenvalue weighted by atomic mass is 32.1. The zero-order chi connectivity index (χ0) is 15.4. The number of aromatic nitrogens is 4. The summed E-state index contributed by atoms with van der Waals surface area (Å²) < 4.78 is 9.04. The second-order valence-corrected chi connectivity index (χ2v) is 5.70. The third-order valence-corrected chi connectivity index (χ3v) is 3.83. The van der Waals surface area contributed by atoms with Crippen LogP contribution in [0.25, 0.3) is 0 Å². The van der Waals surface area contributed by atoms with E-state index < -0.39 is 0 Å². The largest absolute Gasteiger partial charge is 0.377 e. The first-order chi connectivity index (χ1) is 10.0. The Hall–Kier alpha value is -1.80. The quantitative estimate of drug-likeness (QED) is 0.853. The number of nitrogens with one attached hydrogen (secondary N) is 2. The molecule has 114 valence electrons. The smallest absolute Gasteiger partial charge is 0.226 e. The van der Waals surface area contributed by atoms with Gasteiger partial charge < -0.3 is 10.1 Å². The predicted octanol–water partition coefficient (Wildman–Crippen LogP) is 2.16. The van der Waals surface area contributed by atoms with Gasteiger partial charge in [-0.1, -0.05) is 6.92 Å². The van der Waals surface area contributed by atoms with Crippen LogP contribution in [-0.4, -0.2) is 32.6 Å². The van der Waals surface area contributed by atoms with Crippen LogP contribution in [0.2, 0.25) is 0 Å². The van der Waals surface area contributed by atoms with Gasteiger partial charge in [0, 0.05) is 30.8 Å². The van der Waals surface area contributed by atoms with Crippen molar-refractivity contribution in [3.8, 4) is 0 Å². The van der Waals surface area contributed by atoms with Crippen LogP contribution in [0.5, 0.6) is 0 Å². The first-order valence-corrected chi connectivity index (χ1v) is 7.41. The zero-order valence-electron chi connectivity index (χ0n) is 12.6. The summed E-state index contributed by atoms with van der Waals surface area (Å²) in [6.07, 6.45) is 0.375. The van der Waals surface area contributed by atoms with Gasteiger partial charge in [0.2, 0.25) is 11.0 Å². The van der Waals surface area contributed by atoms with E-state index in [1.807, 2.05) is 20.8 Å². The molecule has 0 saturated heterocycles. The molecule has 2 aromatic rings. The number of anilines is 1. The number of rotatable bonds is 6. The van der Waals surface area contributed by atoms with Crippen LogP contribution in [0.3, 0.4) is 0 Å². The van der Waals surface area contributed by atoms with Crippen LogP contribution in [0.1, 0.15) is 42.0 Å². The molecule has 0 spiro atoms. The van der Waals surface area contributed by atoms with E-state index in [1.54, 1.807) is 7.11 Å². The molecule has 0 fully saturated rings. The number of hydrogen-bond acceptors (Lipinski definition) is 6. The first kappa shape index (κ1) is 15.6. The van der Waals surface area contributed by atoms with Gasteiger partial charge in [0.25, 0.3) is 0 Å². The van der Waals surface area contributed by atoms with Crippen LogP contribution >= 0.6 is 11.5 Å². The molecule has 7 nitrogen and oxygen atoms in total. The van der Waals surface area contributed by atoms with Crippen molar-refractivity contribution in [1.29, 1.82) is 0 Å². The Morgan fingerprint density at radius 1 is 1.48 bits per heavy atom. The van der Waals surface area contributed by atoms with Crippen molar-refractivity contribution in [3.63, 3.8) is 0 Å².